The first-order valence-corrected chi connectivity index (χ1v) is 11.5. The molecule has 176 valence electrons. The van der Waals surface area contributed by atoms with Crippen molar-refractivity contribution in [2.24, 2.45) is 0 Å². The van der Waals surface area contributed by atoms with Crippen LogP contribution in [0.3, 0.4) is 0 Å². The van der Waals surface area contributed by atoms with Gasteiger partial charge in [0.15, 0.2) is 17.3 Å². The molecule has 0 aliphatic carbocycles. The lowest BCUT2D eigenvalue weighted by Gasteiger charge is -2.19. The Morgan fingerprint density at radius 2 is 1.71 bits per heavy atom. The lowest BCUT2D eigenvalue weighted by atomic mass is 10.0. The van der Waals surface area contributed by atoms with Gasteiger partial charge in [-0.2, -0.15) is 0 Å². The van der Waals surface area contributed by atoms with Crippen LogP contribution in [0.15, 0.2) is 77.7 Å². The summed E-state index contributed by atoms with van der Waals surface area (Å²) >= 11 is 0. The lowest BCUT2D eigenvalue weighted by molar-refractivity contribution is -0.116. The van der Waals surface area contributed by atoms with Crippen LogP contribution in [0.1, 0.15) is 28.4 Å². The van der Waals surface area contributed by atoms with Gasteiger partial charge in [0, 0.05) is 28.9 Å². The minimum atomic E-state index is -0.375. The summed E-state index contributed by atoms with van der Waals surface area (Å²) in [7, 11) is 0. The molecular formula is C28H24N2O5. The number of rotatable bonds is 6. The molecule has 0 atom stereocenters. The molecule has 0 saturated carbocycles. The summed E-state index contributed by atoms with van der Waals surface area (Å²) in [6.45, 7) is 2.86. The van der Waals surface area contributed by atoms with Crippen LogP contribution < -0.4 is 20.2 Å². The molecule has 3 aromatic carbocycles. The van der Waals surface area contributed by atoms with Crippen LogP contribution in [0.4, 0.5) is 5.69 Å². The topological polar surface area (TPSA) is 86.6 Å². The second-order valence-electron chi connectivity index (χ2n) is 8.31. The van der Waals surface area contributed by atoms with E-state index in [1.807, 2.05) is 25.1 Å². The third-order valence-corrected chi connectivity index (χ3v) is 5.97. The smallest absolute Gasteiger partial charge is 0.244 e. The predicted octanol–water partition coefficient (Wildman–Crippen LogP) is 4.20. The van der Waals surface area contributed by atoms with Crippen LogP contribution in [-0.2, 0) is 17.8 Å². The number of aryl methyl sites for hydroxylation is 1. The number of fused-ring (bicyclic) bond motifs is 2. The van der Waals surface area contributed by atoms with E-state index in [0.717, 1.165) is 12.0 Å². The monoisotopic (exact) mass is 468 g/mol. The van der Waals surface area contributed by atoms with E-state index in [0.29, 0.717) is 46.9 Å². The summed E-state index contributed by atoms with van der Waals surface area (Å²) in [6, 6.07) is 19.4. The van der Waals surface area contributed by atoms with Crippen LogP contribution >= 0.6 is 0 Å². The van der Waals surface area contributed by atoms with Gasteiger partial charge in [-0.25, -0.2) is 0 Å². The fraction of sp³-hybridized carbons (Fsp3) is 0.179. The standard InChI is InChI=1S/C28H24N2O5/c1-2-18-8-10-23-21(14-18)28(33)22(27(32)19-6-4-3-5-7-19)16-30(23)17-26(31)29-20-9-11-24-25(15-20)35-13-12-34-24/h3-11,14-16H,2,12-13,17H2,1H3,(H,29,31). The van der Waals surface area contributed by atoms with Gasteiger partial charge >= 0.3 is 0 Å². The van der Waals surface area contributed by atoms with Crippen molar-refractivity contribution in [1.29, 1.82) is 0 Å². The maximum atomic E-state index is 13.3. The summed E-state index contributed by atoms with van der Waals surface area (Å²) in [4.78, 5) is 39.5. The van der Waals surface area contributed by atoms with Gasteiger partial charge in [0.2, 0.25) is 11.3 Å². The average Bonchev–Trinajstić information content (AvgIpc) is 2.90. The summed E-state index contributed by atoms with van der Waals surface area (Å²) in [5, 5.41) is 3.28. The minimum Gasteiger partial charge on any atom is -0.486 e. The quantitative estimate of drug-likeness (QED) is 0.429. The Morgan fingerprint density at radius 1 is 0.943 bits per heavy atom. The predicted molar refractivity (Wildman–Crippen MR) is 134 cm³/mol. The highest BCUT2D eigenvalue weighted by Crippen LogP contribution is 2.32. The molecule has 1 N–H and O–H groups in total. The Bertz CT molecular complexity index is 1490. The first-order chi connectivity index (χ1) is 17.0. The Kier molecular flexibility index (Phi) is 6.06. The van der Waals surface area contributed by atoms with Crippen LogP contribution in [0.25, 0.3) is 10.9 Å². The van der Waals surface area contributed by atoms with Gasteiger partial charge in [0.05, 0.1) is 11.1 Å². The molecule has 35 heavy (non-hydrogen) atoms. The molecule has 0 fully saturated rings. The second kappa shape index (κ2) is 9.46. The molecule has 7 heteroatoms. The lowest BCUT2D eigenvalue weighted by Crippen LogP contribution is -2.24. The highest BCUT2D eigenvalue weighted by molar-refractivity contribution is 6.10. The van der Waals surface area contributed by atoms with Crippen molar-refractivity contribution in [3.8, 4) is 11.5 Å². The highest BCUT2D eigenvalue weighted by Gasteiger charge is 2.19. The zero-order chi connectivity index (χ0) is 24.4. The highest BCUT2D eigenvalue weighted by atomic mass is 16.6. The number of nitrogens with one attached hydrogen (secondary N) is 1. The number of amides is 1. The molecule has 7 nitrogen and oxygen atoms in total. The van der Waals surface area contributed by atoms with Gasteiger partial charge in [-0.05, 0) is 36.2 Å². The van der Waals surface area contributed by atoms with E-state index in [4.69, 9.17) is 9.47 Å². The van der Waals surface area contributed by atoms with E-state index in [1.165, 1.54) is 6.20 Å². The van der Waals surface area contributed by atoms with Gasteiger partial charge in [-0.1, -0.05) is 43.3 Å². The summed E-state index contributed by atoms with van der Waals surface area (Å²) < 4.78 is 12.8. The van der Waals surface area contributed by atoms with Crippen molar-refractivity contribution in [1.82, 2.24) is 4.57 Å². The molecule has 4 aromatic rings. The number of ketones is 1. The average molecular weight is 469 g/mol. The Labute approximate surface area is 201 Å². The third-order valence-electron chi connectivity index (χ3n) is 5.97. The molecule has 0 bridgehead atoms. The number of anilines is 1. The molecule has 0 radical (unpaired) electrons. The van der Waals surface area contributed by atoms with Crippen molar-refractivity contribution in [3.05, 3.63) is 99.8 Å². The van der Waals surface area contributed by atoms with E-state index < -0.39 is 0 Å². The zero-order valence-electron chi connectivity index (χ0n) is 19.2. The molecular weight excluding hydrogens is 444 g/mol. The number of nitrogens with zero attached hydrogens (tertiary/aromatic N) is 1. The maximum absolute atomic E-state index is 13.3. The first-order valence-electron chi connectivity index (χ1n) is 11.5. The summed E-state index contributed by atoms with van der Waals surface area (Å²) in [5.41, 5.74) is 2.25. The largest absolute Gasteiger partial charge is 0.486 e. The van der Waals surface area contributed by atoms with Crippen LogP contribution in [0.5, 0.6) is 11.5 Å². The number of pyridine rings is 1. The Balaban J connectivity index is 1.51. The van der Waals surface area contributed by atoms with E-state index in [9.17, 15) is 14.4 Å². The van der Waals surface area contributed by atoms with Crippen molar-refractivity contribution in [3.63, 3.8) is 0 Å². The normalized spacial score (nSPS) is 12.4. The van der Waals surface area contributed by atoms with Gasteiger partial charge in [-0.3, -0.25) is 14.4 Å². The van der Waals surface area contributed by atoms with Crippen molar-refractivity contribution < 1.29 is 19.1 Å². The number of hydrogen-bond donors (Lipinski definition) is 1. The fourth-order valence-electron chi connectivity index (χ4n) is 4.18. The van der Waals surface area contributed by atoms with E-state index >= 15 is 0 Å². The zero-order valence-corrected chi connectivity index (χ0v) is 19.2. The van der Waals surface area contributed by atoms with Crippen molar-refractivity contribution in [2.75, 3.05) is 18.5 Å². The van der Waals surface area contributed by atoms with Crippen LogP contribution in [-0.4, -0.2) is 29.5 Å². The van der Waals surface area contributed by atoms with E-state index in [2.05, 4.69) is 5.32 Å². The molecule has 1 aromatic heterocycles. The van der Waals surface area contributed by atoms with Crippen LogP contribution in [0.2, 0.25) is 0 Å². The van der Waals surface area contributed by atoms with Crippen molar-refractivity contribution in [2.45, 2.75) is 19.9 Å². The number of carbonyl (C=O) groups is 2. The van der Waals surface area contributed by atoms with Crippen molar-refractivity contribution >= 4 is 28.3 Å². The van der Waals surface area contributed by atoms with Crippen LogP contribution in [0, 0.1) is 0 Å². The number of aromatic nitrogens is 1. The third kappa shape index (κ3) is 4.53. The number of ether oxygens (including phenoxy) is 2. The van der Waals surface area contributed by atoms with Gasteiger partial charge < -0.3 is 19.4 Å². The van der Waals surface area contributed by atoms with Gasteiger partial charge in [0.1, 0.15) is 19.8 Å². The number of hydrogen-bond acceptors (Lipinski definition) is 5. The molecule has 5 rings (SSSR count). The van der Waals surface area contributed by atoms with E-state index in [-0.39, 0.29) is 29.2 Å². The minimum absolute atomic E-state index is 0.0316. The van der Waals surface area contributed by atoms with Gasteiger partial charge in [-0.15, -0.1) is 0 Å². The SMILES string of the molecule is CCc1ccc2c(c1)c(=O)c(C(=O)c1ccccc1)cn2CC(=O)Nc1ccc2c(c1)OCCO2. The first kappa shape index (κ1) is 22.4. The summed E-state index contributed by atoms with van der Waals surface area (Å²) in [6.07, 6.45) is 2.23. The molecule has 1 aliphatic rings. The molecule has 0 saturated heterocycles. The molecule has 2 heterocycles. The maximum Gasteiger partial charge on any atom is 0.244 e. The molecule has 1 aliphatic heterocycles. The molecule has 0 unspecified atom stereocenters. The Morgan fingerprint density at radius 3 is 2.49 bits per heavy atom. The molecule has 0 spiro atoms. The Hall–Kier alpha value is -4.39. The van der Waals surface area contributed by atoms with Gasteiger partial charge in [0.25, 0.3) is 0 Å². The van der Waals surface area contributed by atoms with E-state index in [1.54, 1.807) is 53.1 Å². The molecule has 1 amide bonds. The number of benzene rings is 3. The fourth-order valence-corrected chi connectivity index (χ4v) is 4.18. The summed E-state index contributed by atoms with van der Waals surface area (Å²) in [5.74, 6) is 0.534. The second-order valence-corrected chi connectivity index (χ2v) is 8.31. The number of carbonyl (C=O) groups excluding carboxylic acids is 2.